The van der Waals surface area contributed by atoms with Crippen LogP contribution in [0.25, 0.3) is 48.7 Å². The van der Waals surface area contributed by atoms with E-state index in [9.17, 15) is 0 Å². The van der Waals surface area contributed by atoms with E-state index in [1.54, 1.807) is 12.1 Å². The van der Waals surface area contributed by atoms with Gasteiger partial charge in [-0.3, -0.25) is 0 Å². The average molecular weight is 318 g/mol. The number of fused-ring (bicyclic) bond motifs is 7. The number of para-hydroxylation sites is 1. The summed E-state index contributed by atoms with van der Waals surface area (Å²) in [6.45, 7) is 7.13. The van der Waals surface area contributed by atoms with Crippen molar-refractivity contribution in [1.82, 2.24) is 0 Å². The molecule has 0 amide bonds. The molecule has 5 rings (SSSR count). The average Bonchev–Trinajstić information content (AvgIpc) is 3.13. The highest BCUT2D eigenvalue weighted by atomic mass is 35.5. The molecule has 0 saturated heterocycles. The summed E-state index contributed by atoms with van der Waals surface area (Å²) in [5.41, 5.74) is 3.28. The third kappa shape index (κ3) is 1.59. The van der Waals surface area contributed by atoms with E-state index in [0.717, 1.165) is 21.5 Å². The Labute approximate surface area is 135 Å². The predicted molar refractivity (Wildman–Crippen MR) is 92.3 cm³/mol. The Kier molecular flexibility index (Phi) is 2.34. The van der Waals surface area contributed by atoms with E-state index in [-0.39, 0.29) is 0 Å². The van der Waals surface area contributed by atoms with Crippen molar-refractivity contribution in [3.8, 4) is 0 Å². The molecule has 5 aromatic rings. The van der Waals surface area contributed by atoms with E-state index >= 15 is 0 Å². The second kappa shape index (κ2) is 4.28. The minimum Gasteiger partial charge on any atom is -0.453 e. The maximum Gasteiger partial charge on any atom is 0.190 e. The molecule has 0 aliphatic heterocycles. The van der Waals surface area contributed by atoms with Crippen molar-refractivity contribution in [2.45, 2.75) is 0 Å². The molecule has 4 heteroatoms. The van der Waals surface area contributed by atoms with Crippen LogP contribution in [0, 0.1) is 6.57 Å². The Hall–Kier alpha value is -2.96. The fourth-order valence-electron chi connectivity index (χ4n) is 3.11. The monoisotopic (exact) mass is 317 g/mol. The van der Waals surface area contributed by atoms with Gasteiger partial charge in [0.15, 0.2) is 22.4 Å². The maximum atomic E-state index is 7.13. The molecule has 0 radical (unpaired) electrons. The van der Waals surface area contributed by atoms with Crippen molar-refractivity contribution in [3.63, 3.8) is 0 Å². The number of hydrogen-bond donors (Lipinski definition) is 0. The van der Waals surface area contributed by atoms with Gasteiger partial charge in [-0.2, -0.15) is 0 Å². The lowest BCUT2D eigenvalue weighted by atomic mass is 10.1. The maximum absolute atomic E-state index is 7.13. The van der Waals surface area contributed by atoms with Crippen LogP contribution in [-0.2, 0) is 0 Å². The van der Waals surface area contributed by atoms with Gasteiger partial charge in [0.05, 0.1) is 11.6 Å². The number of halogens is 1. The predicted octanol–water partition coefficient (Wildman–Crippen LogP) is 6.69. The molecule has 0 N–H and O–H groups in total. The molecule has 0 bridgehead atoms. The molecule has 0 spiro atoms. The third-order valence-electron chi connectivity index (χ3n) is 4.17. The van der Waals surface area contributed by atoms with Crippen LogP contribution in [-0.4, -0.2) is 0 Å². The topological polar surface area (TPSA) is 30.6 Å². The zero-order valence-corrected chi connectivity index (χ0v) is 12.5. The lowest BCUT2D eigenvalue weighted by Crippen LogP contribution is -1.69. The van der Waals surface area contributed by atoms with Crippen molar-refractivity contribution >= 4 is 61.2 Å². The van der Waals surface area contributed by atoms with Crippen molar-refractivity contribution in [2.75, 3.05) is 0 Å². The molecule has 0 aliphatic rings. The van der Waals surface area contributed by atoms with Gasteiger partial charge >= 0.3 is 0 Å². The molecular formula is C19H8ClNO2. The summed E-state index contributed by atoms with van der Waals surface area (Å²) in [4.78, 5) is 3.45. The lowest BCUT2D eigenvalue weighted by Gasteiger charge is -1.91. The molecule has 3 aromatic carbocycles. The van der Waals surface area contributed by atoms with Crippen LogP contribution in [0.1, 0.15) is 0 Å². The van der Waals surface area contributed by atoms with Gasteiger partial charge in [0.2, 0.25) is 0 Å². The Morgan fingerprint density at radius 3 is 2.30 bits per heavy atom. The van der Waals surface area contributed by atoms with Crippen molar-refractivity contribution in [2.24, 2.45) is 0 Å². The van der Waals surface area contributed by atoms with Crippen LogP contribution in [0.2, 0.25) is 5.02 Å². The minimum atomic E-state index is 0.556. The van der Waals surface area contributed by atoms with Gasteiger partial charge in [0.25, 0.3) is 0 Å². The highest BCUT2D eigenvalue weighted by molar-refractivity contribution is 6.36. The molecular weight excluding hydrogens is 310 g/mol. The van der Waals surface area contributed by atoms with Crippen molar-refractivity contribution < 1.29 is 8.83 Å². The van der Waals surface area contributed by atoms with Gasteiger partial charge in [-0.25, -0.2) is 4.85 Å². The Balaban J connectivity index is 2.01. The molecule has 23 heavy (non-hydrogen) atoms. The van der Waals surface area contributed by atoms with E-state index < -0.39 is 0 Å². The summed E-state index contributed by atoms with van der Waals surface area (Å²) < 4.78 is 12.0. The molecule has 0 atom stereocenters. The van der Waals surface area contributed by atoms with Gasteiger partial charge in [0, 0.05) is 21.5 Å². The van der Waals surface area contributed by atoms with Crippen LogP contribution in [0.15, 0.2) is 57.4 Å². The minimum absolute atomic E-state index is 0.556. The highest BCUT2D eigenvalue weighted by Gasteiger charge is 2.16. The van der Waals surface area contributed by atoms with Crippen LogP contribution >= 0.6 is 11.6 Å². The van der Waals surface area contributed by atoms with Gasteiger partial charge < -0.3 is 8.83 Å². The Morgan fingerprint density at radius 2 is 1.48 bits per heavy atom. The van der Waals surface area contributed by atoms with Crippen LogP contribution in [0.3, 0.4) is 0 Å². The van der Waals surface area contributed by atoms with E-state index in [1.807, 2.05) is 36.4 Å². The second-order valence-electron chi connectivity index (χ2n) is 5.43. The lowest BCUT2D eigenvalue weighted by molar-refractivity contribution is 0.633. The molecule has 0 aliphatic carbocycles. The SMILES string of the molecule is [C-]#[N+]c1ccc2c(c1)oc1c2ccc2c3cccc(Cl)c3oc21. The molecule has 2 heterocycles. The Bertz CT molecular complexity index is 1290. The summed E-state index contributed by atoms with van der Waals surface area (Å²) in [6, 6.07) is 15.2. The number of hydrogen-bond acceptors (Lipinski definition) is 2. The normalized spacial score (nSPS) is 11.7. The third-order valence-corrected chi connectivity index (χ3v) is 4.47. The van der Waals surface area contributed by atoms with E-state index in [1.165, 1.54) is 0 Å². The quantitative estimate of drug-likeness (QED) is 0.298. The van der Waals surface area contributed by atoms with E-state index in [2.05, 4.69) is 4.85 Å². The summed E-state index contributed by atoms with van der Waals surface area (Å²) in [7, 11) is 0. The second-order valence-corrected chi connectivity index (χ2v) is 5.84. The van der Waals surface area contributed by atoms with Gasteiger partial charge in [-0.05, 0) is 24.3 Å². The first-order valence-electron chi connectivity index (χ1n) is 7.10. The molecule has 2 aromatic heterocycles. The molecule has 3 nitrogen and oxygen atoms in total. The Morgan fingerprint density at radius 1 is 0.783 bits per heavy atom. The van der Waals surface area contributed by atoms with Crippen molar-refractivity contribution in [1.29, 1.82) is 0 Å². The van der Waals surface area contributed by atoms with E-state index in [4.69, 9.17) is 27.0 Å². The highest BCUT2D eigenvalue weighted by Crippen LogP contribution is 2.40. The van der Waals surface area contributed by atoms with Crippen LogP contribution < -0.4 is 0 Å². The first-order chi connectivity index (χ1) is 11.3. The summed E-state index contributed by atoms with van der Waals surface area (Å²) in [5, 5.41) is 4.47. The zero-order chi connectivity index (χ0) is 15.6. The fourth-order valence-corrected chi connectivity index (χ4v) is 3.33. The largest absolute Gasteiger partial charge is 0.453 e. The molecule has 0 saturated carbocycles. The van der Waals surface area contributed by atoms with Gasteiger partial charge in [-0.15, -0.1) is 0 Å². The number of nitrogens with zero attached hydrogens (tertiary/aromatic N) is 1. The van der Waals surface area contributed by atoms with E-state index in [0.29, 0.717) is 33.0 Å². The first-order valence-corrected chi connectivity index (χ1v) is 7.47. The summed E-state index contributed by atoms with van der Waals surface area (Å²) in [5.74, 6) is 0. The van der Waals surface area contributed by atoms with Crippen LogP contribution in [0.5, 0.6) is 0 Å². The molecule has 108 valence electrons. The fraction of sp³-hybridized carbons (Fsp3) is 0. The number of rotatable bonds is 0. The molecule has 0 fully saturated rings. The zero-order valence-electron chi connectivity index (χ0n) is 11.8. The van der Waals surface area contributed by atoms with Crippen LogP contribution in [0.4, 0.5) is 5.69 Å². The standard InChI is InChI=1S/C19H8ClNO2/c1-21-10-5-6-11-13-7-8-14-12-3-2-4-15(20)17(12)23-19(14)18(13)22-16(11)9-10/h2-9H. The first kappa shape index (κ1) is 12.6. The van der Waals surface area contributed by atoms with Gasteiger partial charge in [0.1, 0.15) is 5.58 Å². The van der Waals surface area contributed by atoms with Gasteiger partial charge in [-0.1, -0.05) is 35.9 Å². The molecule has 0 unspecified atom stereocenters. The number of benzene rings is 3. The summed E-state index contributed by atoms with van der Waals surface area (Å²) in [6.07, 6.45) is 0. The number of furan rings is 2. The smallest absolute Gasteiger partial charge is 0.190 e. The van der Waals surface area contributed by atoms with Crippen molar-refractivity contribution in [3.05, 3.63) is 65.0 Å². The summed E-state index contributed by atoms with van der Waals surface area (Å²) >= 11 is 6.24.